The van der Waals surface area contributed by atoms with Crippen LogP contribution in [0.5, 0.6) is 0 Å². The average Bonchev–Trinajstić information content (AvgIpc) is 3.17. The molecular weight excluding hydrogens is 389 g/mol. The Kier molecular flexibility index (Phi) is 5.52. The van der Waals surface area contributed by atoms with Crippen LogP contribution in [0.15, 0.2) is 65.0 Å². The average molecular weight is 405 g/mol. The number of amides is 1. The number of benzene rings is 2. The molecule has 1 amide bonds. The summed E-state index contributed by atoms with van der Waals surface area (Å²) in [5.74, 6) is -1.06. The second-order valence-electron chi connectivity index (χ2n) is 5.65. The summed E-state index contributed by atoms with van der Waals surface area (Å²) in [6, 6.07) is 12.1. The van der Waals surface area contributed by atoms with Crippen LogP contribution in [0.25, 0.3) is 0 Å². The summed E-state index contributed by atoms with van der Waals surface area (Å²) >= 11 is 1.10. The van der Waals surface area contributed by atoms with Crippen molar-refractivity contribution >= 4 is 38.1 Å². The third-order valence-electron chi connectivity index (χ3n) is 3.71. The van der Waals surface area contributed by atoms with Gasteiger partial charge in [-0.3, -0.25) is 4.79 Å². The lowest BCUT2D eigenvalue weighted by atomic mass is 10.2. The van der Waals surface area contributed by atoms with Crippen molar-refractivity contribution in [3.05, 3.63) is 71.5 Å². The lowest BCUT2D eigenvalue weighted by Gasteiger charge is -2.21. The number of carbonyl (C=O) groups excluding carboxylic acids is 1. The molecule has 0 atom stereocenters. The fourth-order valence-corrected chi connectivity index (χ4v) is 4.58. The fourth-order valence-electron chi connectivity index (χ4n) is 2.32. The Hall–Kier alpha value is -2.78. The molecule has 0 aliphatic carbocycles. The monoisotopic (exact) mass is 405 g/mol. The molecule has 0 saturated heterocycles. The number of hydrogen-bond donors (Lipinski definition) is 1. The second-order valence-corrected chi connectivity index (χ2v) is 8.39. The van der Waals surface area contributed by atoms with Crippen molar-refractivity contribution in [2.24, 2.45) is 0 Å². The van der Waals surface area contributed by atoms with E-state index in [1.807, 2.05) is 0 Å². The number of carbonyl (C=O) groups is 1. The van der Waals surface area contributed by atoms with Gasteiger partial charge in [0.2, 0.25) is 5.91 Å². The van der Waals surface area contributed by atoms with Crippen LogP contribution in [-0.2, 0) is 14.8 Å². The number of aromatic nitrogens is 1. The number of thiazole rings is 1. The van der Waals surface area contributed by atoms with E-state index in [1.165, 1.54) is 30.5 Å². The van der Waals surface area contributed by atoms with E-state index < -0.39 is 28.3 Å². The lowest BCUT2D eigenvalue weighted by molar-refractivity contribution is -0.114. The van der Waals surface area contributed by atoms with Crippen molar-refractivity contribution in [3.63, 3.8) is 0 Å². The number of hydrogen-bond acceptors (Lipinski definition) is 5. The Balaban J connectivity index is 1.86. The molecule has 1 heterocycles. The first-order valence-electron chi connectivity index (χ1n) is 7.91. The summed E-state index contributed by atoms with van der Waals surface area (Å²) in [6.45, 7) is 1.12. The smallest absolute Gasteiger partial charge is 0.266 e. The van der Waals surface area contributed by atoms with E-state index in [4.69, 9.17) is 0 Å². The highest BCUT2D eigenvalue weighted by Gasteiger charge is 2.28. The molecule has 0 bridgehead atoms. The highest BCUT2D eigenvalue weighted by Crippen LogP contribution is 2.25. The summed E-state index contributed by atoms with van der Waals surface area (Å²) in [6.07, 6.45) is 1.46. The molecule has 0 aliphatic heterocycles. The molecule has 1 aromatic heterocycles. The van der Waals surface area contributed by atoms with E-state index in [2.05, 4.69) is 10.3 Å². The Morgan fingerprint density at radius 3 is 2.59 bits per heavy atom. The van der Waals surface area contributed by atoms with Crippen LogP contribution in [0.4, 0.5) is 15.2 Å². The van der Waals surface area contributed by atoms with E-state index in [1.54, 1.807) is 36.6 Å². The molecule has 3 aromatic rings. The molecule has 0 fully saturated rings. The standard InChI is InChI=1S/C18H16FN3O3S2/c1-13-7-8-14(11-16(13)19)21-17(23)12-22(18-20-9-10-26-18)27(24,25)15-5-3-2-4-6-15/h2-11H,12H2,1H3,(H,21,23). The Labute approximate surface area is 160 Å². The number of sulfonamides is 1. The minimum absolute atomic E-state index is 0.0504. The maximum atomic E-state index is 13.7. The van der Waals surface area contributed by atoms with Crippen LogP contribution in [-0.4, -0.2) is 25.9 Å². The van der Waals surface area contributed by atoms with Gasteiger partial charge >= 0.3 is 0 Å². The molecule has 140 valence electrons. The lowest BCUT2D eigenvalue weighted by Crippen LogP contribution is -2.38. The molecule has 3 rings (SSSR count). The van der Waals surface area contributed by atoms with Crippen LogP contribution < -0.4 is 9.62 Å². The van der Waals surface area contributed by atoms with E-state index in [0.29, 0.717) is 5.56 Å². The molecule has 0 aliphatic rings. The van der Waals surface area contributed by atoms with Crippen molar-refractivity contribution in [2.75, 3.05) is 16.2 Å². The zero-order valence-electron chi connectivity index (χ0n) is 14.3. The Morgan fingerprint density at radius 1 is 1.22 bits per heavy atom. The molecule has 0 unspecified atom stereocenters. The largest absolute Gasteiger partial charge is 0.324 e. The predicted molar refractivity (Wildman–Crippen MR) is 103 cm³/mol. The normalized spacial score (nSPS) is 11.2. The highest BCUT2D eigenvalue weighted by molar-refractivity contribution is 7.93. The van der Waals surface area contributed by atoms with Gasteiger partial charge in [0, 0.05) is 17.3 Å². The molecule has 27 heavy (non-hydrogen) atoms. The van der Waals surface area contributed by atoms with Crippen LogP contribution in [0.3, 0.4) is 0 Å². The van der Waals surface area contributed by atoms with Crippen LogP contribution >= 0.6 is 11.3 Å². The predicted octanol–water partition coefficient (Wildman–Crippen LogP) is 3.42. The fraction of sp³-hybridized carbons (Fsp3) is 0.111. The molecule has 0 saturated carbocycles. The number of halogens is 1. The topological polar surface area (TPSA) is 79.4 Å². The van der Waals surface area contributed by atoms with Gasteiger partial charge in [-0.15, -0.1) is 11.3 Å². The number of aryl methyl sites for hydroxylation is 1. The van der Waals surface area contributed by atoms with Crippen molar-refractivity contribution in [1.29, 1.82) is 0 Å². The van der Waals surface area contributed by atoms with Crippen LogP contribution in [0.1, 0.15) is 5.56 Å². The van der Waals surface area contributed by atoms with Gasteiger partial charge in [-0.05, 0) is 36.8 Å². The Bertz CT molecular complexity index is 1040. The first-order chi connectivity index (χ1) is 12.9. The summed E-state index contributed by atoms with van der Waals surface area (Å²) in [5.41, 5.74) is 0.698. The maximum Gasteiger partial charge on any atom is 0.266 e. The van der Waals surface area contributed by atoms with Crippen molar-refractivity contribution in [2.45, 2.75) is 11.8 Å². The molecule has 6 nitrogen and oxygen atoms in total. The first kappa shape index (κ1) is 19.0. The number of anilines is 2. The van der Waals surface area contributed by atoms with E-state index >= 15 is 0 Å². The third kappa shape index (κ3) is 4.32. The summed E-state index contributed by atoms with van der Waals surface area (Å²) < 4.78 is 40.5. The van der Waals surface area contributed by atoms with Gasteiger partial charge in [-0.1, -0.05) is 24.3 Å². The van der Waals surface area contributed by atoms with Crippen molar-refractivity contribution in [1.82, 2.24) is 4.98 Å². The molecule has 0 radical (unpaired) electrons. The van der Waals surface area contributed by atoms with Gasteiger partial charge in [0.15, 0.2) is 5.13 Å². The maximum absolute atomic E-state index is 13.7. The van der Waals surface area contributed by atoms with Gasteiger partial charge in [0.05, 0.1) is 4.90 Å². The van der Waals surface area contributed by atoms with Gasteiger partial charge in [-0.2, -0.15) is 0 Å². The first-order valence-corrected chi connectivity index (χ1v) is 10.2. The van der Waals surface area contributed by atoms with E-state index in [-0.39, 0.29) is 15.7 Å². The molecule has 9 heteroatoms. The van der Waals surface area contributed by atoms with Crippen molar-refractivity contribution < 1.29 is 17.6 Å². The third-order valence-corrected chi connectivity index (χ3v) is 6.37. The van der Waals surface area contributed by atoms with Gasteiger partial charge < -0.3 is 5.32 Å². The molecule has 1 N–H and O–H groups in total. The van der Waals surface area contributed by atoms with Gasteiger partial charge in [0.25, 0.3) is 10.0 Å². The number of rotatable bonds is 6. The van der Waals surface area contributed by atoms with Crippen molar-refractivity contribution in [3.8, 4) is 0 Å². The van der Waals surface area contributed by atoms with E-state index in [0.717, 1.165) is 15.6 Å². The summed E-state index contributed by atoms with van der Waals surface area (Å²) in [4.78, 5) is 16.5. The number of nitrogens with one attached hydrogen (secondary N) is 1. The molecule has 0 spiro atoms. The van der Waals surface area contributed by atoms with Crippen LogP contribution in [0.2, 0.25) is 0 Å². The Morgan fingerprint density at radius 2 is 1.96 bits per heavy atom. The van der Waals surface area contributed by atoms with Crippen LogP contribution in [0, 0.1) is 12.7 Å². The minimum Gasteiger partial charge on any atom is -0.324 e. The summed E-state index contributed by atoms with van der Waals surface area (Å²) in [7, 11) is -3.98. The quantitative estimate of drug-likeness (QED) is 0.681. The zero-order valence-corrected chi connectivity index (χ0v) is 15.9. The second kappa shape index (κ2) is 7.85. The highest BCUT2D eigenvalue weighted by atomic mass is 32.2. The van der Waals surface area contributed by atoms with E-state index in [9.17, 15) is 17.6 Å². The SMILES string of the molecule is Cc1ccc(NC(=O)CN(c2nccs2)S(=O)(=O)c2ccccc2)cc1F. The minimum atomic E-state index is -3.98. The van der Waals surface area contributed by atoms with Gasteiger partial charge in [0.1, 0.15) is 12.4 Å². The zero-order chi connectivity index (χ0) is 19.4. The summed E-state index contributed by atoms with van der Waals surface area (Å²) in [5, 5.41) is 4.31. The molecular formula is C18H16FN3O3S2. The van der Waals surface area contributed by atoms with Gasteiger partial charge in [-0.25, -0.2) is 22.1 Å². The molecule has 2 aromatic carbocycles. The number of nitrogens with zero attached hydrogens (tertiary/aromatic N) is 2.